The van der Waals surface area contributed by atoms with E-state index in [-0.39, 0.29) is 32.7 Å². The second-order valence-corrected chi connectivity index (χ2v) is 4.85. The fourth-order valence-corrected chi connectivity index (χ4v) is 2.30. The van der Waals surface area contributed by atoms with Gasteiger partial charge in [-0.05, 0) is 11.8 Å². The largest absolute Gasteiger partial charge is 0.345 e. The van der Waals surface area contributed by atoms with Gasteiger partial charge in [-0.3, -0.25) is 0 Å². The minimum absolute atomic E-state index is 0. The monoisotopic (exact) mass is 255 g/mol. The van der Waals surface area contributed by atoms with Gasteiger partial charge in [-0.1, -0.05) is 39.5 Å². The van der Waals surface area contributed by atoms with Gasteiger partial charge < -0.3 is 13.8 Å². The van der Waals surface area contributed by atoms with Crippen molar-refractivity contribution in [3.8, 4) is 0 Å². The first kappa shape index (κ1) is 14.1. The Labute approximate surface area is 109 Å². The molecule has 1 heteroatoms. The molecular formula is C12H22Y-2. The van der Waals surface area contributed by atoms with E-state index in [0.717, 1.165) is 18.3 Å². The van der Waals surface area contributed by atoms with Crippen molar-refractivity contribution in [2.24, 2.45) is 17.3 Å². The molecule has 2 unspecified atom stereocenters. The van der Waals surface area contributed by atoms with Crippen molar-refractivity contribution in [3.05, 3.63) is 13.8 Å². The van der Waals surface area contributed by atoms with Crippen molar-refractivity contribution in [3.63, 3.8) is 0 Å². The van der Waals surface area contributed by atoms with Crippen LogP contribution in [0.3, 0.4) is 0 Å². The van der Waals surface area contributed by atoms with E-state index in [4.69, 9.17) is 0 Å². The van der Waals surface area contributed by atoms with Gasteiger partial charge in [0.1, 0.15) is 0 Å². The van der Waals surface area contributed by atoms with E-state index in [0.29, 0.717) is 5.41 Å². The molecule has 0 bridgehead atoms. The first-order valence-corrected chi connectivity index (χ1v) is 5.22. The number of hydrogen-bond donors (Lipinski definition) is 0. The standard InChI is InChI=1S/C12H22.Y/c1-5-12(4)8-6-7-11(9-12)10(2)3;/h10-11H,1,4-9H2,2-3H3;/q-2;. The average Bonchev–Trinajstić information content (AvgIpc) is 2.05. The van der Waals surface area contributed by atoms with Gasteiger partial charge in [-0.15, -0.1) is 0 Å². The summed E-state index contributed by atoms with van der Waals surface area (Å²) in [5.74, 6) is 1.73. The van der Waals surface area contributed by atoms with Gasteiger partial charge in [0, 0.05) is 32.7 Å². The molecule has 75 valence electrons. The maximum Gasteiger partial charge on any atom is 0 e. The second-order valence-electron chi connectivity index (χ2n) is 4.85. The maximum atomic E-state index is 4.32. The predicted octanol–water partition coefficient (Wildman–Crippen LogP) is 3.87. The summed E-state index contributed by atoms with van der Waals surface area (Å²) >= 11 is 0. The van der Waals surface area contributed by atoms with E-state index in [2.05, 4.69) is 27.7 Å². The fourth-order valence-electron chi connectivity index (χ4n) is 2.30. The summed E-state index contributed by atoms with van der Waals surface area (Å²) in [6.07, 6.45) is 6.38. The Morgan fingerprint density at radius 3 is 2.54 bits per heavy atom. The van der Waals surface area contributed by atoms with Crippen molar-refractivity contribution < 1.29 is 32.7 Å². The summed E-state index contributed by atoms with van der Waals surface area (Å²) in [7, 11) is 0. The van der Waals surface area contributed by atoms with Crippen LogP contribution in [-0.4, -0.2) is 0 Å². The normalized spacial score (nSPS) is 34.4. The molecule has 1 aliphatic carbocycles. The molecule has 1 fully saturated rings. The summed E-state index contributed by atoms with van der Waals surface area (Å²) in [4.78, 5) is 0. The van der Waals surface area contributed by atoms with Gasteiger partial charge in [0.25, 0.3) is 0 Å². The molecule has 0 aliphatic heterocycles. The summed E-state index contributed by atoms with van der Waals surface area (Å²) in [6, 6.07) is 0. The summed E-state index contributed by atoms with van der Waals surface area (Å²) in [6.45, 7) is 13.0. The molecule has 1 saturated carbocycles. The summed E-state index contributed by atoms with van der Waals surface area (Å²) in [5, 5.41) is 0. The van der Waals surface area contributed by atoms with Crippen LogP contribution < -0.4 is 0 Å². The molecule has 2 atom stereocenters. The van der Waals surface area contributed by atoms with E-state index in [1.807, 2.05) is 0 Å². The van der Waals surface area contributed by atoms with Gasteiger partial charge >= 0.3 is 0 Å². The zero-order valence-electron chi connectivity index (χ0n) is 9.18. The number of rotatable bonds is 2. The topological polar surface area (TPSA) is 0 Å². The molecule has 1 radical (unpaired) electrons. The molecule has 0 heterocycles. The molecule has 1 aliphatic rings. The van der Waals surface area contributed by atoms with Crippen LogP contribution in [-0.2, 0) is 32.7 Å². The van der Waals surface area contributed by atoms with E-state index in [1.165, 1.54) is 25.7 Å². The molecule has 0 aromatic rings. The molecule has 0 saturated heterocycles. The molecule has 0 N–H and O–H groups in total. The van der Waals surface area contributed by atoms with Crippen molar-refractivity contribution in [2.45, 2.75) is 46.0 Å². The minimum Gasteiger partial charge on any atom is -0.345 e. The molecular weight excluding hydrogens is 233 g/mol. The predicted molar refractivity (Wildman–Crippen MR) is 54.6 cm³/mol. The van der Waals surface area contributed by atoms with Crippen LogP contribution in [0.1, 0.15) is 46.0 Å². The van der Waals surface area contributed by atoms with E-state index in [9.17, 15) is 0 Å². The number of hydrogen-bond acceptors (Lipinski definition) is 0. The summed E-state index contributed by atoms with van der Waals surface area (Å²) in [5.41, 5.74) is 0.313. The van der Waals surface area contributed by atoms with Crippen molar-refractivity contribution in [1.29, 1.82) is 0 Å². The Bertz CT molecular complexity index is 142. The smallest absolute Gasteiger partial charge is 0 e. The third kappa shape index (κ3) is 4.00. The zero-order chi connectivity index (χ0) is 9.19. The third-order valence-electron chi connectivity index (χ3n) is 3.45. The Morgan fingerprint density at radius 1 is 1.46 bits per heavy atom. The average molecular weight is 255 g/mol. The van der Waals surface area contributed by atoms with Gasteiger partial charge in [0.05, 0.1) is 0 Å². The maximum absolute atomic E-state index is 4.32. The van der Waals surface area contributed by atoms with Gasteiger partial charge in [-0.2, -0.15) is 5.41 Å². The third-order valence-corrected chi connectivity index (χ3v) is 3.45. The Kier molecular flexibility index (Phi) is 6.35. The molecule has 0 nitrogen and oxygen atoms in total. The van der Waals surface area contributed by atoms with Crippen LogP contribution in [0, 0.1) is 31.1 Å². The molecule has 13 heavy (non-hydrogen) atoms. The van der Waals surface area contributed by atoms with Crippen LogP contribution in [0.15, 0.2) is 0 Å². The first-order chi connectivity index (χ1) is 5.57. The van der Waals surface area contributed by atoms with E-state index >= 15 is 0 Å². The second kappa shape index (κ2) is 5.86. The minimum atomic E-state index is 0. The molecule has 1 rings (SSSR count). The van der Waals surface area contributed by atoms with Crippen molar-refractivity contribution in [1.82, 2.24) is 0 Å². The van der Waals surface area contributed by atoms with Gasteiger partial charge in [-0.25, -0.2) is 6.42 Å². The SMILES string of the molecule is [CH2-]CC1([CH2-])CCCC(C(C)C)C1.[Y]. The van der Waals surface area contributed by atoms with Crippen LogP contribution in [0.4, 0.5) is 0 Å². The van der Waals surface area contributed by atoms with Crippen LogP contribution in [0.5, 0.6) is 0 Å². The van der Waals surface area contributed by atoms with Crippen LogP contribution in [0.2, 0.25) is 0 Å². The summed E-state index contributed by atoms with van der Waals surface area (Å²) < 4.78 is 0. The van der Waals surface area contributed by atoms with E-state index < -0.39 is 0 Å². The van der Waals surface area contributed by atoms with Gasteiger partial charge in [0.2, 0.25) is 0 Å². The van der Waals surface area contributed by atoms with E-state index in [1.54, 1.807) is 0 Å². The van der Waals surface area contributed by atoms with Crippen LogP contribution >= 0.6 is 0 Å². The fraction of sp³-hybridized carbons (Fsp3) is 0.833. The first-order valence-electron chi connectivity index (χ1n) is 5.22. The quantitative estimate of drug-likeness (QED) is 0.657. The molecule has 0 amide bonds. The molecule has 0 aromatic carbocycles. The molecule has 0 aromatic heterocycles. The zero-order valence-corrected chi connectivity index (χ0v) is 12.0. The van der Waals surface area contributed by atoms with Gasteiger partial charge in [0.15, 0.2) is 0 Å². The Balaban J connectivity index is 0.00000144. The van der Waals surface area contributed by atoms with Crippen molar-refractivity contribution in [2.75, 3.05) is 0 Å². The Hall–Kier alpha value is 1.10. The van der Waals surface area contributed by atoms with Crippen molar-refractivity contribution >= 4 is 0 Å². The molecule has 0 spiro atoms. The Morgan fingerprint density at radius 2 is 2.08 bits per heavy atom. The van der Waals surface area contributed by atoms with Crippen LogP contribution in [0.25, 0.3) is 0 Å².